The first-order chi connectivity index (χ1) is 16.6. The molecule has 174 valence electrons. The van der Waals surface area contributed by atoms with Gasteiger partial charge in [-0.2, -0.15) is 5.10 Å². The third-order valence-corrected chi connectivity index (χ3v) is 6.71. The van der Waals surface area contributed by atoms with Crippen LogP contribution in [0.4, 0.5) is 0 Å². The summed E-state index contributed by atoms with van der Waals surface area (Å²) < 4.78 is 1.81. The molecule has 0 spiro atoms. The summed E-state index contributed by atoms with van der Waals surface area (Å²) in [4.78, 5) is 23.1. The summed E-state index contributed by atoms with van der Waals surface area (Å²) in [6.45, 7) is 2.76. The first-order valence-electron chi connectivity index (χ1n) is 11.9. The number of rotatable bonds is 9. The van der Waals surface area contributed by atoms with Crippen LogP contribution in [0.2, 0.25) is 0 Å². The Balaban J connectivity index is 1.21. The van der Waals surface area contributed by atoms with Crippen molar-refractivity contribution in [1.29, 1.82) is 0 Å². The molecule has 1 aliphatic heterocycles. The van der Waals surface area contributed by atoms with E-state index in [2.05, 4.69) is 33.2 Å². The van der Waals surface area contributed by atoms with E-state index in [0.29, 0.717) is 5.92 Å². The number of nitrogens with zero attached hydrogens (tertiary/aromatic N) is 5. The third-order valence-electron chi connectivity index (χ3n) is 6.71. The summed E-state index contributed by atoms with van der Waals surface area (Å²) >= 11 is 0. The second-order valence-electron chi connectivity index (χ2n) is 9.15. The minimum Gasteiger partial charge on any atom is -0.481 e. The number of fused-ring (bicyclic) bond motifs is 1. The van der Waals surface area contributed by atoms with Crippen molar-refractivity contribution in [1.82, 2.24) is 24.6 Å². The number of hydrogen-bond acceptors (Lipinski definition) is 5. The van der Waals surface area contributed by atoms with Crippen LogP contribution in [0.25, 0.3) is 16.7 Å². The molecule has 1 unspecified atom stereocenters. The molecular weight excluding hydrogens is 426 g/mol. The van der Waals surface area contributed by atoms with E-state index >= 15 is 0 Å². The molecule has 2 atom stereocenters. The standard InChI is InChI=1S/C27H29N5O2/c33-26(34)17-23(22-4-1-6-25(16-22)32-14-3-13-29-32)19-31-15-11-20(18-31)7-9-24-10-8-21-5-2-12-28-27(21)30-24/h1-6,8,10,12-14,16,20,23H,7,9,11,15,17-19H2,(H,33,34)/t20-,23?/m1/s1. The van der Waals surface area contributed by atoms with E-state index in [1.807, 2.05) is 47.3 Å². The van der Waals surface area contributed by atoms with E-state index in [4.69, 9.17) is 4.98 Å². The number of benzene rings is 1. The SMILES string of the molecule is O=C(O)CC(CN1CC[C@@H](CCc2ccc3cccnc3n2)C1)c1cccc(-n2cccn2)c1. The number of carbonyl (C=O) groups is 1. The van der Waals surface area contributed by atoms with Crippen molar-refractivity contribution in [3.8, 4) is 5.69 Å². The number of carboxylic acid groups (broad SMARTS) is 1. The first-order valence-corrected chi connectivity index (χ1v) is 11.9. The van der Waals surface area contributed by atoms with Crippen LogP contribution in [0, 0.1) is 5.92 Å². The number of aryl methyl sites for hydroxylation is 1. The molecule has 1 fully saturated rings. The van der Waals surface area contributed by atoms with Crippen LogP contribution in [0.5, 0.6) is 0 Å². The van der Waals surface area contributed by atoms with Crippen molar-refractivity contribution in [3.63, 3.8) is 0 Å². The highest BCUT2D eigenvalue weighted by molar-refractivity contribution is 5.74. The number of carboxylic acids is 1. The highest BCUT2D eigenvalue weighted by Crippen LogP contribution is 2.28. The number of aliphatic carboxylic acids is 1. The van der Waals surface area contributed by atoms with Gasteiger partial charge in [0.05, 0.1) is 12.1 Å². The summed E-state index contributed by atoms with van der Waals surface area (Å²) in [6.07, 6.45) is 8.71. The van der Waals surface area contributed by atoms with Gasteiger partial charge < -0.3 is 10.0 Å². The van der Waals surface area contributed by atoms with E-state index < -0.39 is 5.97 Å². The minimum atomic E-state index is -0.763. The maximum absolute atomic E-state index is 11.6. The van der Waals surface area contributed by atoms with Gasteiger partial charge in [0.25, 0.3) is 0 Å². The highest BCUT2D eigenvalue weighted by Gasteiger charge is 2.26. The summed E-state index contributed by atoms with van der Waals surface area (Å²) in [6, 6.07) is 18.1. The van der Waals surface area contributed by atoms with Crippen LogP contribution in [0.15, 0.2) is 73.2 Å². The van der Waals surface area contributed by atoms with Crippen LogP contribution >= 0.6 is 0 Å². The number of aromatic nitrogens is 4. The monoisotopic (exact) mass is 455 g/mol. The van der Waals surface area contributed by atoms with Crippen molar-refractivity contribution in [2.75, 3.05) is 19.6 Å². The summed E-state index contributed by atoms with van der Waals surface area (Å²) in [5.74, 6) is -0.219. The third kappa shape index (κ3) is 5.31. The second-order valence-corrected chi connectivity index (χ2v) is 9.15. The van der Waals surface area contributed by atoms with Gasteiger partial charge in [-0.25, -0.2) is 14.6 Å². The Morgan fingerprint density at radius 1 is 1.12 bits per heavy atom. The van der Waals surface area contributed by atoms with E-state index in [1.54, 1.807) is 12.4 Å². The van der Waals surface area contributed by atoms with Crippen molar-refractivity contribution in [3.05, 3.63) is 84.4 Å². The van der Waals surface area contributed by atoms with Gasteiger partial charge in [0.2, 0.25) is 0 Å². The fraction of sp³-hybridized carbons (Fsp3) is 0.333. The second kappa shape index (κ2) is 10.1. The lowest BCUT2D eigenvalue weighted by molar-refractivity contribution is -0.137. The molecule has 3 aromatic heterocycles. The quantitative estimate of drug-likeness (QED) is 0.404. The highest BCUT2D eigenvalue weighted by atomic mass is 16.4. The predicted octanol–water partition coefficient (Wildman–Crippen LogP) is 4.33. The molecule has 1 saturated heterocycles. The van der Waals surface area contributed by atoms with E-state index in [9.17, 15) is 9.90 Å². The molecule has 0 amide bonds. The van der Waals surface area contributed by atoms with Gasteiger partial charge in [-0.1, -0.05) is 12.1 Å². The average Bonchev–Trinajstić information content (AvgIpc) is 3.55. The minimum absolute atomic E-state index is 0.0556. The Hall–Kier alpha value is -3.58. The van der Waals surface area contributed by atoms with Crippen molar-refractivity contribution in [2.45, 2.75) is 31.6 Å². The molecule has 1 aliphatic rings. The Kier molecular flexibility index (Phi) is 6.62. The van der Waals surface area contributed by atoms with Gasteiger partial charge in [0.15, 0.2) is 5.65 Å². The molecule has 7 heteroatoms. The molecule has 0 bridgehead atoms. The fourth-order valence-corrected chi connectivity index (χ4v) is 4.95. The Morgan fingerprint density at radius 3 is 2.91 bits per heavy atom. The Morgan fingerprint density at radius 2 is 2.06 bits per heavy atom. The largest absolute Gasteiger partial charge is 0.481 e. The maximum atomic E-state index is 11.6. The molecule has 0 aliphatic carbocycles. The molecule has 0 radical (unpaired) electrons. The molecule has 0 saturated carbocycles. The van der Waals surface area contributed by atoms with Crippen molar-refractivity contribution in [2.24, 2.45) is 5.92 Å². The molecule has 34 heavy (non-hydrogen) atoms. The van der Waals surface area contributed by atoms with Gasteiger partial charge in [-0.05, 0) is 79.8 Å². The summed E-state index contributed by atoms with van der Waals surface area (Å²) in [5.41, 5.74) is 3.90. The van der Waals surface area contributed by atoms with Crippen LogP contribution in [0.1, 0.15) is 36.4 Å². The predicted molar refractivity (Wildman–Crippen MR) is 131 cm³/mol. The average molecular weight is 456 g/mol. The lowest BCUT2D eigenvalue weighted by Crippen LogP contribution is -2.28. The zero-order chi connectivity index (χ0) is 23.3. The van der Waals surface area contributed by atoms with Crippen LogP contribution < -0.4 is 0 Å². The van der Waals surface area contributed by atoms with Crippen LogP contribution in [-0.2, 0) is 11.2 Å². The molecule has 1 N–H and O–H groups in total. The molecular formula is C27H29N5O2. The van der Waals surface area contributed by atoms with E-state index in [1.165, 1.54) is 0 Å². The first kappa shape index (κ1) is 22.2. The lowest BCUT2D eigenvalue weighted by atomic mass is 9.94. The van der Waals surface area contributed by atoms with E-state index in [-0.39, 0.29) is 12.3 Å². The van der Waals surface area contributed by atoms with Crippen LogP contribution in [0.3, 0.4) is 0 Å². The summed E-state index contributed by atoms with van der Waals surface area (Å²) in [5, 5.41) is 14.9. The lowest BCUT2D eigenvalue weighted by Gasteiger charge is -2.23. The van der Waals surface area contributed by atoms with Crippen LogP contribution in [-0.4, -0.2) is 55.4 Å². The zero-order valence-corrected chi connectivity index (χ0v) is 19.1. The smallest absolute Gasteiger partial charge is 0.304 e. The van der Waals surface area contributed by atoms with Gasteiger partial charge in [0.1, 0.15) is 0 Å². The summed E-state index contributed by atoms with van der Waals surface area (Å²) in [7, 11) is 0. The van der Waals surface area contributed by atoms with Gasteiger partial charge in [-0.15, -0.1) is 0 Å². The maximum Gasteiger partial charge on any atom is 0.304 e. The molecule has 5 rings (SSSR count). The molecule has 4 heterocycles. The Bertz CT molecular complexity index is 1260. The van der Waals surface area contributed by atoms with Gasteiger partial charge in [-0.3, -0.25) is 4.79 Å². The number of hydrogen-bond donors (Lipinski definition) is 1. The van der Waals surface area contributed by atoms with Crippen molar-refractivity contribution >= 4 is 17.0 Å². The number of likely N-dealkylation sites (tertiary alicyclic amines) is 1. The van der Waals surface area contributed by atoms with Gasteiger partial charge >= 0.3 is 5.97 Å². The Labute approximate surface area is 199 Å². The molecule has 4 aromatic rings. The molecule has 7 nitrogen and oxygen atoms in total. The zero-order valence-electron chi connectivity index (χ0n) is 19.1. The molecule has 1 aromatic carbocycles. The normalized spacial score (nSPS) is 17.2. The number of pyridine rings is 2. The topological polar surface area (TPSA) is 84.1 Å². The van der Waals surface area contributed by atoms with Crippen molar-refractivity contribution < 1.29 is 9.90 Å². The fourth-order valence-electron chi connectivity index (χ4n) is 4.95. The van der Waals surface area contributed by atoms with Gasteiger partial charge in [0, 0.05) is 48.7 Å². The van der Waals surface area contributed by atoms with E-state index in [0.717, 1.165) is 66.9 Å².